The highest BCUT2D eigenvalue weighted by molar-refractivity contribution is 14.1. The molecule has 0 saturated heterocycles. The van der Waals surface area contributed by atoms with Crippen molar-refractivity contribution in [2.75, 3.05) is 0 Å². The third-order valence-corrected chi connectivity index (χ3v) is 4.51. The van der Waals surface area contributed by atoms with Gasteiger partial charge in [-0.25, -0.2) is 4.39 Å². The number of nitrogens with zero attached hydrogens (tertiary/aromatic N) is 1. The van der Waals surface area contributed by atoms with Gasteiger partial charge in [-0.15, -0.1) is 0 Å². The number of nitro groups is 1. The van der Waals surface area contributed by atoms with Crippen LogP contribution in [0, 0.1) is 25.3 Å². The molecule has 0 aliphatic carbocycles. The summed E-state index contributed by atoms with van der Waals surface area (Å²) < 4.78 is 25.9. The molecule has 0 aromatic heterocycles. The Hall–Kier alpha value is -0.0200. The van der Waals surface area contributed by atoms with Crippen molar-refractivity contribution in [2.24, 2.45) is 0 Å². The van der Waals surface area contributed by atoms with E-state index in [0.29, 0.717) is 0 Å². The Morgan fingerprint density at radius 3 is 2.36 bits per heavy atom. The number of hydrogen-bond acceptors (Lipinski definition) is 2. The second kappa shape index (κ2) is 4.23. The van der Waals surface area contributed by atoms with E-state index < -0.39 is 27.3 Å². The average Bonchev–Trinajstić information content (AvgIpc) is 2.11. The smallest absolute Gasteiger partial charge is 0.258 e. The van der Waals surface area contributed by atoms with E-state index in [1.807, 2.05) is 0 Å². The first-order valence-electron chi connectivity index (χ1n) is 3.03. The molecular formula is C6BrClF2INO2. The maximum absolute atomic E-state index is 13.0. The summed E-state index contributed by atoms with van der Waals surface area (Å²) in [6.45, 7) is 0. The average molecular weight is 398 g/mol. The van der Waals surface area contributed by atoms with Crippen LogP contribution in [0.25, 0.3) is 0 Å². The summed E-state index contributed by atoms with van der Waals surface area (Å²) in [7, 11) is 0. The second-order valence-corrected chi connectivity index (χ2v) is 4.43. The van der Waals surface area contributed by atoms with Gasteiger partial charge in [0, 0.05) is 0 Å². The number of rotatable bonds is 1. The molecule has 0 amide bonds. The Kier molecular flexibility index (Phi) is 3.64. The Bertz CT molecular complexity index is 400. The lowest BCUT2D eigenvalue weighted by atomic mass is 10.3. The third kappa shape index (κ3) is 1.84. The van der Waals surface area contributed by atoms with Gasteiger partial charge in [0.25, 0.3) is 0 Å². The molecule has 0 spiro atoms. The molecule has 76 valence electrons. The molecule has 0 aliphatic heterocycles. The highest BCUT2D eigenvalue weighted by Gasteiger charge is 2.29. The highest BCUT2D eigenvalue weighted by atomic mass is 127. The van der Waals surface area contributed by atoms with Crippen LogP contribution in [-0.2, 0) is 0 Å². The van der Waals surface area contributed by atoms with Crippen LogP contribution < -0.4 is 0 Å². The molecule has 0 radical (unpaired) electrons. The molecule has 0 bridgehead atoms. The van der Waals surface area contributed by atoms with Gasteiger partial charge in [-0.05, 0) is 38.5 Å². The SMILES string of the molecule is O=[N+]([O-])c1c(F)c(F)c(I)c(Br)c1Cl. The summed E-state index contributed by atoms with van der Waals surface area (Å²) >= 11 is 9.79. The van der Waals surface area contributed by atoms with Crippen LogP contribution in [-0.4, -0.2) is 4.92 Å². The summed E-state index contributed by atoms with van der Waals surface area (Å²) in [5.41, 5.74) is -1.06. The standard InChI is InChI=1S/C6BrClF2INO2/c7-1-2(8)6(12(13)14)4(10)3(9)5(1)11. The van der Waals surface area contributed by atoms with Gasteiger partial charge in [0.1, 0.15) is 5.02 Å². The minimum absolute atomic E-state index is 0.0228. The highest BCUT2D eigenvalue weighted by Crippen LogP contribution is 2.39. The van der Waals surface area contributed by atoms with Crippen molar-refractivity contribution in [3.05, 3.63) is 34.8 Å². The molecule has 1 aromatic rings. The summed E-state index contributed by atoms with van der Waals surface area (Å²) in [6.07, 6.45) is 0. The van der Waals surface area contributed by atoms with Crippen LogP contribution in [0.1, 0.15) is 0 Å². The first kappa shape index (κ1) is 12.1. The maximum atomic E-state index is 13.0. The lowest BCUT2D eigenvalue weighted by Gasteiger charge is -2.03. The fourth-order valence-corrected chi connectivity index (χ4v) is 2.03. The summed E-state index contributed by atoms with van der Waals surface area (Å²) in [6, 6.07) is 0. The lowest BCUT2D eigenvalue weighted by Crippen LogP contribution is -2.00. The van der Waals surface area contributed by atoms with Crippen LogP contribution in [0.15, 0.2) is 4.47 Å². The van der Waals surface area contributed by atoms with Crippen molar-refractivity contribution in [3.8, 4) is 0 Å². The van der Waals surface area contributed by atoms with Crippen molar-refractivity contribution in [3.63, 3.8) is 0 Å². The van der Waals surface area contributed by atoms with Gasteiger partial charge < -0.3 is 0 Å². The zero-order valence-corrected chi connectivity index (χ0v) is 10.7. The van der Waals surface area contributed by atoms with E-state index >= 15 is 0 Å². The van der Waals surface area contributed by atoms with Crippen molar-refractivity contribution < 1.29 is 13.7 Å². The lowest BCUT2D eigenvalue weighted by molar-refractivity contribution is -0.387. The second-order valence-electron chi connectivity index (χ2n) is 2.18. The maximum Gasteiger partial charge on any atom is 0.327 e. The van der Waals surface area contributed by atoms with E-state index in [2.05, 4.69) is 15.9 Å². The topological polar surface area (TPSA) is 43.1 Å². The van der Waals surface area contributed by atoms with Crippen molar-refractivity contribution >= 4 is 55.8 Å². The van der Waals surface area contributed by atoms with Crippen molar-refractivity contribution in [2.45, 2.75) is 0 Å². The van der Waals surface area contributed by atoms with Crippen molar-refractivity contribution in [1.82, 2.24) is 0 Å². The Morgan fingerprint density at radius 1 is 1.43 bits per heavy atom. The van der Waals surface area contributed by atoms with Crippen LogP contribution in [0.2, 0.25) is 5.02 Å². The van der Waals surface area contributed by atoms with Crippen LogP contribution in [0.3, 0.4) is 0 Å². The first-order chi connectivity index (χ1) is 6.37. The van der Waals surface area contributed by atoms with E-state index in [4.69, 9.17) is 11.6 Å². The molecule has 3 nitrogen and oxygen atoms in total. The quantitative estimate of drug-likeness (QED) is 0.237. The van der Waals surface area contributed by atoms with E-state index in [1.54, 1.807) is 0 Å². The summed E-state index contributed by atoms with van der Waals surface area (Å²) in [4.78, 5) is 9.28. The minimum Gasteiger partial charge on any atom is -0.258 e. The van der Waals surface area contributed by atoms with Crippen LogP contribution >= 0.6 is 50.1 Å². The zero-order valence-electron chi connectivity index (χ0n) is 6.15. The number of halogens is 5. The number of nitro benzene ring substituents is 1. The van der Waals surface area contributed by atoms with Gasteiger partial charge in [0.05, 0.1) is 13.0 Å². The molecule has 1 rings (SSSR count). The predicted molar refractivity (Wildman–Crippen MR) is 58.4 cm³/mol. The molecule has 0 N–H and O–H groups in total. The van der Waals surface area contributed by atoms with E-state index in [-0.39, 0.29) is 8.04 Å². The van der Waals surface area contributed by atoms with E-state index in [9.17, 15) is 18.9 Å². The monoisotopic (exact) mass is 397 g/mol. The van der Waals surface area contributed by atoms with Gasteiger partial charge in [0.2, 0.25) is 5.82 Å². The van der Waals surface area contributed by atoms with E-state index in [1.165, 1.54) is 22.6 Å². The normalized spacial score (nSPS) is 10.4. The zero-order chi connectivity index (χ0) is 11.0. The van der Waals surface area contributed by atoms with Gasteiger partial charge in [0.15, 0.2) is 5.82 Å². The number of hydrogen-bond donors (Lipinski definition) is 0. The molecule has 0 fully saturated rings. The third-order valence-electron chi connectivity index (χ3n) is 1.37. The molecule has 0 aliphatic rings. The molecule has 14 heavy (non-hydrogen) atoms. The first-order valence-corrected chi connectivity index (χ1v) is 5.28. The minimum atomic E-state index is -1.55. The van der Waals surface area contributed by atoms with E-state index in [0.717, 1.165) is 0 Å². The molecule has 8 heteroatoms. The van der Waals surface area contributed by atoms with Gasteiger partial charge >= 0.3 is 5.69 Å². The van der Waals surface area contributed by atoms with Gasteiger partial charge in [-0.3, -0.25) is 10.1 Å². The molecule has 1 aromatic carbocycles. The summed E-state index contributed by atoms with van der Waals surface area (Å²) in [5, 5.41) is 9.90. The molecule has 0 heterocycles. The molecule has 0 atom stereocenters. The van der Waals surface area contributed by atoms with Gasteiger partial charge in [-0.1, -0.05) is 11.6 Å². The fraction of sp³-hybridized carbons (Fsp3) is 0. The predicted octanol–water partition coefficient (Wildman–Crippen LogP) is 3.89. The van der Waals surface area contributed by atoms with Crippen LogP contribution in [0.5, 0.6) is 0 Å². The number of benzene rings is 1. The molecule has 0 unspecified atom stereocenters. The van der Waals surface area contributed by atoms with Crippen molar-refractivity contribution in [1.29, 1.82) is 0 Å². The Morgan fingerprint density at radius 2 is 1.93 bits per heavy atom. The van der Waals surface area contributed by atoms with Crippen LogP contribution in [0.4, 0.5) is 14.5 Å². The molecule has 0 saturated carbocycles. The summed E-state index contributed by atoms with van der Waals surface area (Å²) in [5.74, 6) is -2.83. The largest absolute Gasteiger partial charge is 0.327 e. The molecular weight excluding hydrogens is 398 g/mol. The Balaban J connectivity index is 3.68. The van der Waals surface area contributed by atoms with Gasteiger partial charge in [-0.2, -0.15) is 4.39 Å². The fourth-order valence-electron chi connectivity index (χ4n) is 0.754. The Labute approximate surface area is 104 Å².